The summed E-state index contributed by atoms with van der Waals surface area (Å²) in [6.07, 6.45) is 7.54. The molecule has 0 bridgehead atoms. The van der Waals surface area contributed by atoms with Gasteiger partial charge in [0.1, 0.15) is 0 Å². The first kappa shape index (κ1) is 14.0. The minimum Gasteiger partial charge on any atom is -0.392 e. The van der Waals surface area contributed by atoms with E-state index in [2.05, 4.69) is 26.1 Å². The van der Waals surface area contributed by atoms with Gasteiger partial charge in [-0.3, -0.25) is 0 Å². The predicted octanol–water partition coefficient (Wildman–Crippen LogP) is 2.95. The van der Waals surface area contributed by atoms with Crippen LogP contribution in [-0.4, -0.2) is 23.8 Å². The highest BCUT2D eigenvalue weighted by atomic mass is 16.3. The lowest BCUT2D eigenvalue weighted by Crippen LogP contribution is -2.38. The van der Waals surface area contributed by atoms with E-state index in [1.165, 1.54) is 25.7 Å². The summed E-state index contributed by atoms with van der Waals surface area (Å²) in [6, 6.07) is 0.564. The fraction of sp³-hybridized carbons (Fsp3) is 1.00. The Kier molecular flexibility index (Phi) is 6.37. The maximum Gasteiger partial charge on any atom is 0.0692 e. The SMILES string of the molecule is CCC(CC)C(O)CNC(C)CC1CCC1. The van der Waals surface area contributed by atoms with E-state index in [-0.39, 0.29) is 6.10 Å². The summed E-state index contributed by atoms with van der Waals surface area (Å²) in [5.41, 5.74) is 0. The van der Waals surface area contributed by atoms with Crippen molar-refractivity contribution in [2.45, 2.75) is 71.4 Å². The first-order chi connectivity index (χ1) is 7.67. The quantitative estimate of drug-likeness (QED) is 0.668. The summed E-state index contributed by atoms with van der Waals surface area (Å²) in [6.45, 7) is 7.34. The van der Waals surface area contributed by atoms with Crippen molar-refractivity contribution in [2.24, 2.45) is 11.8 Å². The van der Waals surface area contributed by atoms with Gasteiger partial charge >= 0.3 is 0 Å². The van der Waals surface area contributed by atoms with E-state index in [4.69, 9.17) is 0 Å². The third-order valence-electron chi connectivity index (χ3n) is 4.18. The van der Waals surface area contributed by atoms with E-state index in [1.807, 2.05) is 0 Å². The second-order valence-electron chi connectivity index (χ2n) is 5.49. The average molecular weight is 227 g/mol. The number of aliphatic hydroxyl groups is 1. The molecule has 16 heavy (non-hydrogen) atoms. The summed E-state index contributed by atoms with van der Waals surface area (Å²) in [5, 5.41) is 13.5. The third-order valence-corrected chi connectivity index (χ3v) is 4.18. The van der Waals surface area contributed by atoms with E-state index in [0.29, 0.717) is 12.0 Å². The van der Waals surface area contributed by atoms with Crippen LogP contribution in [0.15, 0.2) is 0 Å². The third kappa shape index (κ3) is 4.42. The van der Waals surface area contributed by atoms with Crippen LogP contribution in [0.4, 0.5) is 0 Å². The minimum atomic E-state index is -0.168. The lowest BCUT2D eigenvalue weighted by molar-refractivity contribution is 0.0968. The molecule has 2 atom stereocenters. The fourth-order valence-electron chi connectivity index (χ4n) is 2.63. The van der Waals surface area contributed by atoms with Crippen molar-refractivity contribution < 1.29 is 5.11 Å². The number of hydrogen-bond acceptors (Lipinski definition) is 2. The van der Waals surface area contributed by atoms with Crippen molar-refractivity contribution in [2.75, 3.05) is 6.54 Å². The second-order valence-corrected chi connectivity index (χ2v) is 5.49. The van der Waals surface area contributed by atoms with E-state index in [9.17, 15) is 5.11 Å². The van der Waals surface area contributed by atoms with E-state index >= 15 is 0 Å². The van der Waals surface area contributed by atoms with Crippen LogP contribution in [0.3, 0.4) is 0 Å². The molecule has 0 radical (unpaired) electrons. The Morgan fingerprint density at radius 3 is 2.31 bits per heavy atom. The highest BCUT2D eigenvalue weighted by Crippen LogP contribution is 2.30. The van der Waals surface area contributed by atoms with Crippen molar-refractivity contribution in [1.82, 2.24) is 5.32 Å². The highest BCUT2D eigenvalue weighted by Gasteiger charge is 2.21. The zero-order chi connectivity index (χ0) is 12.0. The maximum absolute atomic E-state index is 10.0. The average Bonchev–Trinajstić information content (AvgIpc) is 2.22. The van der Waals surface area contributed by atoms with Crippen LogP contribution in [-0.2, 0) is 0 Å². The van der Waals surface area contributed by atoms with Crippen molar-refractivity contribution >= 4 is 0 Å². The molecule has 0 saturated heterocycles. The van der Waals surface area contributed by atoms with Gasteiger partial charge in [0, 0.05) is 12.6 Å². The van der Waals surface area contributed by atoms with Crippen LogP contribution in [0.5, 0.6) is 0 Å². The van der Waals surface area contributed by atoms with Crippen LogP contribution in [0, 0.1) is 11.8 Å². The molecule has 2 nitrogen and oxygen atoms in total. The lowest BCUT2D eigenvalue weighted by atomic mass is 9.81. The number of hydrogen-bond donors (Lipinski definition) is 2. The first-order valence-corrected chi connectivity index (χ1v) is 7.08. The number of rotatable bonds is 8. The molecule has 0 heterocycles. The molecule has 1 fully saturated rings. The molecule has 0 amide bonds. The molecular weight excluding hydrogens is 198 g/mol. The van der Waals surface area contributed by atoms with Gasteiger partial charge < -0.3 is 10.4 Å². The zero-order valence-electron chi connectivity index (χ0n) is 11.2. The van der Waals surface area contributed by atoms with Crippen molar-refractivity contribution in [3.63, 3.8) is 0 Å². The molecule has 2 unspecified atom stereocenters. The molecule has 0 aliphatic heterocycles. The first-order valence-electron chi connectivity index (χ1n) is 7.08. The standard InChI is InChI=1S/C14H29NO/c1-4-13(5-2)14(16)10-15-11(3)9-12-7-6-8-12/h11-16H,4-10H2,1-3H3. The normalized spacial score (nSPS) is 20.8. The smallest absolute Gasteiger partial charge is 0.0692 e. The second kappa shape index (κ2) is 7.29. The van der Waals surface area contributed by atoms with Gasteiger partial charge in [0.15, 0.2) is 0 Å². The van der Waals surface area contributed by atoms with Gasteiger partial charge in [0.05, 0.1) is 6.10 Å². The van der Waals surface area contributed by atoms with Crippen LogP contribution < -0.4 is 5.32 Å². The van der Waals surface area contributed by atoms with Crippen LogP contribution in [0.25, 0.3) is 0 Å². The summed E-state index contributed by atoms with van der Waals surface area (Å²) < 4.78 is 0. The van der Waals surface area contributed by atoms with Crippen LogP contribution in [0.2, 0.25) is 0 Å². The summed E-state index contributed by atoms with van der Waals surface area (Å²) in [5.74, 6) is 1.41. The lowest BCUT2D eigenvalue weighted by Gasteiger charge is -2.29. The number of nitrogens with one attached hydrogen (secondary N) is 1. The van der Waals surface area contributed by atoms with Crippen LogP contribution >= 0.6 is 0 Å². The number of aliphatic hydroxyl groups excluding tert-OH is 1. The molecular formula is C14H29NO. The molecule has 2 N–H and O–H groups in total. The van der Waals surface area contributed by atoms with Gasteiger partial charge in [-0.2, -0.15) is 0 Å². The fourth-order valence-corrected chi connectivity index (χ4v) is 2.63. The Balaban J connectivity index is 2.11. The Labute approximate surface area is 101 Å². The van der Waals surface area contributed by atoms with E-state index in [1.54, 1.807) is 0 Å². The maximum atomic E-state index is 10.0. The molecule has 2 heteroatoms. The van der Waals surface area contributed by atoms with Crippen molar-refractivity contribution in [3.05, 3.63) is 0 Å². The van der Waals surface area contributed by atoms with Gasteiger partial charge in [-0.1, -0.05) is 46.0 Å². The Morgan fingerprint density at radius 1 is 1.25 bits per heavy atom. The van der Waals surface area contributed by atoms with Gasteiger partial charge in [0.2, 0.25) is 0 Å². The van der Waals surface area contributed by atoms with Crippen molar-refractivity contribution in [3.8, 4) is 0 Å². The Bertz CT molecular complexity index is 176. The monoisotopic (exact) mass is 227 g/mol. The molecule has 0 aromatic rings. The van der Waals surface area contributed by atoms with E-state index in [0.717, 1.165) is 25.3 Å². The van der Waals surface area contributed by atoms with Crippen LogP contribution in [0.1, 0.15) is 59.3 Å². The summed E-state index contributed by atoms with van der Waals surface area (Å²) >= 11 is 0. The molecule has 1 saturated carbocycles. The predicted molar refractivity (Wildman–Crippen MR) is 69.5 cm³/mol. The molecule has 1 aliphatic carbocycles. The molecule has 1 rings (SSSR count). The summed E-state index contributed by atoms with van der Waals surface area (Å²) in [4.78, 5) is 0. The Morgan fingerprint density at radius 2 is 1.88 bits per heavy atom. The summed E-state index contributed by atoms with van der Waals surface area (Å²) in [7, 11) is 0. The molecule has 0 spiro atoms. The molecule has 0 aromatic carbocycles. The Hall–Kier alpha value is -0.0800. The molecule has 96 valence electrons. The van der Waals surface area contributed by atoms with Gasteiger partial charge in [-0.25, -0.2) is 0 Å². The van der Waals surface area contributed by atoms with Gasteiger partial charge in [0.25, 0.3) is 0 Å². The van der Waals surface area contributed by atoms with Gasteiger partial charge in [-0.05, 0) is 25.2 Å². The molecule has 0 aromatic heterocycles. The topological polar surface area (TPSA) is 32.3 Å². The minimum absolute atomic E-state index is 0.168. The van der Waals surface area contributed by atoms with Gasteiger partial charge in [-0.15, -0.1) is 0 Å². The van der Waals surface area contributed by atoms with Crippen molar-refractivity contribution in [1.29, 1.82) is 0 Å². The molecule has 1 aliphatic rings. The van der Waals surface area contributed by atoms with E-state index < -0.39 is 0 Å². The zero-order valence-corrected chi connectivity index (χ0v) is 11.2. The highest BCUT2D eigenvalue weighted by molar-refractivity contribution is 4.76. The largest absolute Gasteiger partial charge is 0.392 e.